The zero-order valence-corrected chi connectivity index (χ0v) is 10.2. The molecular formula is C14H17N3. The molecule has 0 radical (unpaired) electrons. The molecule has 1 aromatic carbocycles. The fourth-order valence-corrected chi connectivity index (χ4v) is 1.74. The van der Waals surface area contributed by atoms with E-state index in [-0.39, 0.29) is 0 Å². The van der Waals surface area contributed by atoms with Gasteiger partial charge in [-0.3, -0.25) is 4.98 Å². The van der Waals surface area contributed by atoms with Crippen LogP contribution in [0.2, 0.25) is 0 Å². The first-order valence-electron chi connectivity index (χ1n) is 5.67. The van der Waals surface area contributed by atoms with Crippen molar-refractivity contribution in [3.63, 3.8) is 0 Å². The van der Waals surface area contributed by atoms with Crippen LogP contribution in [0, 0.1) is 0 Å². The predicted molar refractivity (Wildman–Crippen MR) is 72.3 cm³/mol. The minimum atomic E-state index is 0.868. The maximum Gasteiger partial charge on any atom is 0.0441 e. The molecule has 0 aliphatic carbocycles. The lowest BCUT2D eigenvalue weighted by molar-refractivity contribution is 0.915. The van der Waals surface area contributed by atoms with Gasteiger partial charge in [0.05, 0.1) is 0 Å². The molecule has 0 spiro atoms. The van der Waals surface area contributed by atoms with Gasteiger partial charge in [-0.05, 0) is 35.9 Å². The Hall–Kier alpha value is -2.03. The van der Waals surface area contributed by atoms with Gasteiger partial charge >= 0.3 is 0 Å². The first-order valence-corrected chi connectivity index (χ1v) is 5.67. The van der Waals surface area contributed by atoms with Gasteiger partial charge in [-0.15, -0.1) is 0 Å². The smallest absolute Gasteiger partial charge is 0.0441 e. The highest BCUT2D eigenvalue weighted by Gasteiger charge is 2.01. The number of hydrogen-bond donors (Lipinski definition) is 1. The van der Waals surface area contributed by atoms with Gasteiger partial charge in [0.25, 0.3) is 0 Å². The minimum Gasteiger partial charge on any atom is -0.388 e. The second kappa shape index (κ2) is 5.34. The average molecular weight is 227 g/mol. The summed E-state index contributed by atoms with van der Waals surface area (Å²) >= 11 is 0. The maximum atomic E-state index is 4.12. The van der Waals surface area contributed by atoms with Crippen LogP contribution in [0.15, 0.2) is 48.8 Å². The molecule has 0 atom stereocenters. The SMILES string of the molecule is CNc1ccc(N(C)Cc2cccnc2)cc1. The molecule has 2 rings (SSSR count). The van der Waals surface area contributed by atoms with Crippen molar-refractivity contribution in [2.75, 3.05) is 24.3 Å². The van der Waals surface area contributed by atoms with E-state index in [0.717, 1.165) is 12.2 Å². The zero-order valence-electron chi connectivity index (χ0n) is 10.2. The Morgan fingerprint density at radius 1 is 1.18 bits per heavy atom. The van der Waals surface area contributed by atoms with Crippen LogP contribution in [-0.2, 0) is 6.54 Å². The van der Waals surface area contributed by atoms with Crippen molar-refractivity contribution in [3.8, 4) is 0 Å². The van der Waals surface area contributed by atoms with Gasteiger partial charge in [0, 0.05) is 44.4 Å². The van der Waals surface area contributed by atoms with Gasteiger partial charge in [0.1, 0.15) is 0 Å². The second-order valence-electron chi connectivity index (χ2n) is 4.01. The summed E-state index contributed by atoms with van der Waals surface area (Å²) in [5.41, 5.74) is 3.55. The number of benzene rings is 1. The molecule has 1 heterocycles. The van der Waals surface area contributed by atoms with Crippen LogP contribution in [0.1, 0.15) is 5.56 Å². The molecule has 3 heteroatoms. The molecule has 0 unspecified atom stereocenters. The molecule has 0 aliphatic rings. The van der Waals surface area contributed by atoms with Gasteiger partial charge < -0.3 is 10.2 Å². The highest BCUT2D eigenvalue weighted by Crippen LogP contribution is 2.18. The maximum absolute atomic E-state index is 4.12. The van der Waals surface area contributed by atoms with Crippen LogP contribution in [0.5, 0.6) is 0 Å². The molecule has 0 amide bonds. The molecule has 3 nitrogen and oxygen atoms in total. The van der Waals surface area contributed by atoms with Crippen LogP contribution < -0.4 is 10.2 Å². The number of pyridine rings is 1. The van der Waals surface area contributed by atoms with Crippen LogP contribution >= 0.6 is 0 Å². The van der Waals surface area contributed by atoms with E-state index in [1.807, 2.05) is 19.3 Å². The van der Waals surface area contributed by atoms with Crippen molar-refractivity contribution < 1.29 is 0 Å². The summed E-state index contributed by atoms with van der Waals surface area (Å²) in [7, 11) is 4.01. The Morgan fingerprint density at radius 2 is 1.94 bits per heavy atom. The van der Waals surface area contributed by atoms with Crippen LogP contribution in [-0.4, -0.2) is 19.1 Å². The number of aromatic nitrogens is 1. The van der Waals surface area contributed by atoms with Gasteiger partial charge in [0.15, 0.2) is 0 Å². The summed E-state index contributed by atoms with van der Waals surface area (Å²) in [6.07, 6.45) is 3.70. The van der Waals surface area contributed by atoms with Gasteiger partial charge in [-0.2, -0.15) is 0 Å². The molecule has 0 bridgehead atoms. The fourth-order valence-electron chi connectivity index (χ4n) is 1.74. The van der Waals surface area contributed by atoms with Crippen molar-refractivity contribution in [3.05, 3.63) is 54.4 Å². The topological polar surface area (TPSA) is 28.2 Å². The second-order valence-corrected chi connectivity index (χ2v) is 4.01. The molecule has 1 N–H and O–H groups in total. The summed E-state index contributed by atoms with van der Waals surface area (Å²) in [6.45, 7) is 0.868. The third kappa shape index (κ3) is 2.97. The van der Waals surface area contributed by atoms with E-state index in [9.17, 15) is 0 Å². The van der Waals surface area contributed by atoms with E-state index in [0.29, 0.717) is 0 Å². The Bertz CT molecular complexity index is 451. The summed E-state index contributed by atoms with van der Waals surface area (Å²) in [4.78, 5) is 6.33. The van der Waals surface area contributed by atoms with E-state index in [1.54, 1.807) is 6.20 Å². The first-order chi connectivity index (χ1) is 8.29. The molecular weight excluding hydrogens is 210 g/mol. The monoisotopic (exact) mass is 227 g/mol. The van der Waals surface area contributed by atoms with Crippen LogP contribution in [0.3, 0.4) is 0 Å². The van der Waals surface area contributed by atoms with Crippen LogP contribution in [0.4, 0.5) is 11.4 Å². The van der Waals surface area contributed by atoms with Crippen molar-refractivity contribution in [1.29, 1.82) is 0 Å². The Labute approximate surface area is 102 Å². The van der Waals surface area contributed by atoms with Crippen LogP contribution in [0.25, 0.3) is 0 Å². The molecule has 1 aromatic heterocycles. The molecule has 17 heavy (non-hydrogen) atoms. The summed E-state index contributed by atoms with van der Waals surface area (Å²) < 4.78 is 0. The fraction of sp³-hybridized carbons (Fsp3) is 0.214. The molecule has 0 saturated heterocycles. The quantitative estimate of drug-likeness (QED) is 0.870. The number of hydrogen-bond acceptors (Lipinski definition) is 3. The Morgan fingerprint density at radius 3 is 2.53 bits per heavy atom. The standard InChI is InChI=1S/C14H17N3/c1-15-13-5-7-14(8-6-13)17(2)11-12-4-3-9-16-10-12/h3-10,15H,11H2,1-2H3. The lowest BCUT2D eigenvalue weighted by Crippen LogP contribution is -2.16. The molecule has 0 fully saturated rings. The molecule has 0 aliphatic heterocycles. The lowest BCUT2D eigenvalue weighted by Gasteiger charge is -2.19. The van der Waals surface area contributed by atoms with Gasteiger partial charge in [-0.25, -0.2) is 0 Å². The molecule has 2 aromatic rings. The Kier molecular flexibility index (Phi) is 3.60. The highest BCUT2D eigenvalue weighted by atomic mass is 15.1. The number of nitrogens with zero attached hydrogens (tertiary/aromatic N) is 2. The van der Waals surface area contributed by atoms with Crippen molar-refractivity contribution in [1.82, 2.24) is 4.98 Å². The number of nitrogens with one attached hydrogen (secondary N) is 1. The Balaban J connectivity index is 2.06. The summed E-state index contributed by atoms with van der Waals surface area (Å²) in [5.74, 6) is 0. The lowest BCUT2D eigenvalue weighted by atomic mass is 10.2. The molecule has 88 valence electrons. The average Bonchev–Trinajstić information content (AvgIpc) is 2.40. The third-order valence-electron chi connectivity index (χ3n) is 2.74. The van der Waals surface area contributed by atoms with Crippen molar-refractivity contribution >= 4 is 11.4 Å². The van der Waals surface area contributed by atoms with Crippen molar-refractivity contribution in [2.24, 2.45) is 0 Å². The predicted octanol–water partition coefficient (Wildman–Crippen LogP) is 2.76. The normalized spacial score (nSPS) is 10.0. The number of rotatable bonds is 4. The first kappa shape index (κ1) is 11.5. The van der Waals surface area contributed by atoms with E-state index >= 15 is 0 Å². The number of anilines is 2. The third-order valence-corrected chi connectivity index (χ3v) is 2.74. The summed E-state index contributed by atoms with van der Waals surface area (Å²) in [6, 6.07) is 12.4. The van der Waals surface area contributed by atoms with E-state index in [4.69, 9.17) is 0 Å². The van der Waals surface area contributed by atoms with Crippen molar-refractivity contribution in [2.45, 2.75) is 6.54 Å². The zero-order chi connectivity index (χ0) is 12.1. The van der Waals surface area contributed by atoms with E-state index in [1.165, 1.54) is 11.3 Å². The van der Waals surface area contributed by atoms with Gasteiger partial charge in [-0.1, -0.05) is 6.07 Å². The molecule has 0 saturated carbocycles. The minimum absolute atomic E-state index is 0.868. The van der Waals surface area contributed by atoms with Gasteiger partial charge in [0.2, 0.25) is 0 Å². The van der Waals surface area contributed by atoms with E-state index in [2.05, 4.69) is 52.6 Å². The summed E-state index contributed by atoms with van der Waals surface area (Å²) in [5, 5.41) is 3.11. The largest absolute Gasteiger partial charge is 0.388 e. The highest BCUT2D eigenvalue weighted by molar-refractivity contribution is 5.54. The van der Waals surface area contributed by atoms with E-state index < -0.39 is 0 Å².